The van der Waals surface area contributed by atoms with Crippen LogP contribution in [-0.4, -0.2) is 5.78 Å². The summed E-state index contributed by atoms with van der Waals surface area (Å²) in [7, 11) is 0. The quantitative estimate of drug-likeness (QED) is 0.731. The molecule has 0 spiro atoms. The second-order valence-electron chi connectivity index (χ2n) is 4.28. The highest BCUT2D eigenvalue weighted by molar-refractivity contribution is 5.98. The molecule has 18 heavy (non-hydrogen) atoms. The van der Waals surface area contributed by atoms with Crippen LogP contribution in [0.1, 0.15) is 24.0 Å². The summed E-state index contributed by atoms with van der Waals surface area (Å²) in [5.41, 5.74) is 2.10. The highest BCUT2D eigenvalue weighted by Crippen LogP contribution is 2.16. The molecule has 0 saturated carbocycles. The molecule has 0 N–H and O–H groups in total. The van der Waals surface area contributed by atoms with E-state index in [1.807, 2.05) is 73.7 Å². The van der Waals surface area contributed by atoms with Gasteiger partial charge in [-0.15, -0.1) is 0 Å². The zero-order valence-corrected chi connectivity index (χ0v) is 10.4. The third-order valence-corrected chi connectivity index (χ3v) is 2.97. The molecule has 2 rings (SSSR count). The van der Waals surface area contributed by atoms with Crippen molar-refractivity contribution in [3.8, 4) is 0 Å². The van der Waals surface area contributed by atoms with Gasteiger partial charge in [0.2, 0.25) is 0 Å². The molecule has 0 aliphatic heterocycles. The van der Waals surface area contributed by atoms with Crippen LogP contribution in [0.15, 0.2) is 66.7 Å². The molecule has 0 aliphatic carbocycles. The van der Waals surface area contributed by atoms with Gasteiger partial charge in [0.25, 0.3) is 0 Å². The fraction of sp³-hybridized carbons (Fsp3) is 0.118. The van der Waals surface area contributed by atoms with Crippen LogP contribution in [-0.2, 0) is 4.79 Å². The van der Waals surface area contributed by atoms with Crippen molar-refractivity contribution in [1.29, 1.82) is 0 Å². The van der Waals surface area contributed by atoms with Crippen LogP contribution >= 0.6 is 0 Å². The largest absolute Gasteiger partial charge is 0.294 e. The van der Waals surface area contributed by atoms with Crippen molar-refractivity contribution in [3.05, 3.63) is 77.9 Å². The number of ketones is 1. The van der Waals surface area contributed by atoms with Crippen molar-refractivity contribution in [2.24, 2.45) is 0 Å². The van der Waals surface area contributed by atoms with Gasteiger partial charge in [0, 0.05) is 5.92 Å². The Hall–Kier alpha value is -2.15. The molecule has 0 saturated heterocycles. The van der Waals surface area contributed by atoms with Crippen molar-refractivity contribution in [2.75, 3.05) is 0 Å². The Labute approximate surface area is 108 Å². The average Bonchev–Trinajstić information content (AvgIpc) is 2.46. The lowest BCUT2D eigenvalue weighted by atomic mass is 9.96. The number of hydrogen-bond donors (Lipinski definition) is 0. The minimum absolute atomic E-state index is 0.0915. The van der Waals surface area contributed by atoms with Crippen LogP contribution in [0.25, 0.3) is 6.08 Å². The highest BCUT2D eigenvalue weighted by atomic mass is 16.1. The summed E-state index contributed by atoms with van der Waals surface area (Å²) < 4.78 is 0. The molecule has 0 aromatic heterocycles. The first-order valence-electron chi connectivity index (χ1n) is 6.09. The van der Waals surface area contributed by atoms with Gasteiger partial charge >= 0.3 is 0 Å². The van der Waals surface area contributed by atoms with Gasteiger partial charge in [-0.1, -0.05) is 73.7 Å². The lowest BCUT2D eigenvalue weighted by molar-refractivity contribution is -0.115. The number of carbonyl (C=O) groups is 1. The fourth-order valence-electron chi connectivity index (χ4n) is 1.79. The summed E-state index contributed by atoms with van der Waals surface area (Å²) in [4.78, 5) is 12.0. The lowest BCUT2D eigenvalue weighted by Crippen LogP contribution is -2.05. The molecule has 1 unspecified atom stereocenters. The van der Waals surface area contributed by atoms with E-state index in [1.54, 1.807) is 6.08 Å². The Bertz CT molecular complexity index is 526. The normalized spacial score (nSPS) is 12.5. The lowest BCUT2D eigenvalue weighted by Gasteiger charge is -2.07. The minimum Gasteiger partial charge on any atom is -0.294 e. The summed E-state index contributed by atoms with van der Waals surface area (Å²) in [5.74, 6) is 0.0382. The maximum absolute atomic E-state index is 12.0. The maximum Gasteiger partial charge on any atom is 0.162 e. The third kappa shape index (κ3) is 3.17. The summed E-state index contributed by atoms with van der Waals surface area (Å²) in [6, 6.07) is 19.7. The first-order valence-corrected chi connectivity index (χ1v) is 6.09. The topological polar surface area (TPSA) is 17.1 Å². The predicted octanol–water partition coefficient (Wildman–Crippen LogP) is 4.07. The third-order valence-electron chi connectivity index (χ3n) is 2.97. The SMILES string of the molecule is CC(C(=O)/C=C/c1ccccc1)c1ccccc1. The van der Waals surface area contributed by atoms with E-state index >= 15 is 0 Å². The molecule has 2 aromatic rings. The van der Waals surface area contributed by atoms with Gasteiger partial charge in [-0.2, -0.15) is 0 Å². The number of carbonyl (C=O) groups excluding carboxylic acids is 1. The molecule has 1 atom stereocenters. The summed E-state index contributed by atoms with van der Waals surface area (Å²) >= 11 is 0. The van der Waals surface area contributed by atoms with E-state index in [2.05, 4.69) is 0 Å². The smallest absolute Gasteiger partial charge is 0.162 e. The van der Waals surface area contributed by atoms with Crippen LogP contribution in [0.5, 0.6) is 0 Å². The van der Waals surface area contributed by atoms with Crippen molar-refractivity contribution < 1.29 is 4.79 Å². The molecular weight excluding hydrogens is 220 g/mol. The summed E-state index contributed by atoms with van der Waals surface area (Å²) in [6.07, 6.45) is 3.52. The second-order valence-corrected chi connectivity index (χ2v) is 4.28. The molecule has 0 radical (unpaired) electrons. The standard InChI is InChI=1S/C17H16O/c1-14(16-10-6-3-7-11-16)17(18)13-12-15-8-4-2-5-9-15/h2-14H,1H3/b13-12+. The Morgan fingerprint density at radius 3 is 2.11 bits per heavy atom. The molecule has 0 fully saturated rings. The van der Waals surface area contributed by atoms with Crippen molar-refractivity contribution in [2.45, 2.75) is 12.8 Å². The molecular formula is C17H16O. The van der Waals surface area contributed by atoms with Gasteiger partial charge in [0.05, 0.1) is 0 Å². The van der Waals surface area contributed by atoms with E-state index in [-0.39, 0.29) is 11.7 Å². The molecule has 2 aromatic carbocycles. The number of benzene rings is 2. The molecule has 1 nitrogen and oxygen atoms in total. The second kappa shape index (κ2) is 5.97. The van der Waals surface area contributed by atoms with E-state index in [4.69, 9.17) is 0 Å². The molecule has 90 valence electrons. The van der Waals surface area contributed by atoms with E-state index in [9.17, 15) is 4.79 Å². The van der Waals surface area contributed by atoms with E-state index in [0.717, 1.165) is 11.1 Å². The molecule has 0 bridgehead atoms. The predicted molar refractivity (Wildman–Crippen MR) is 75.3 cm³/mol. The number of hydrogen-bond acceptors (Lipinski definition) is 1. The van der Waals surface area contributed by atoms with Gasteiger partial charge in [0.1, 0.15) is 0 Å². The zero-order valence-electron chi connectivity index (χ0n) is 10.4. The molecule has 0 heterocycles. The van der Waals surface area contributed by atoms with Crippen LogP contribution in [0, 0.1) is 0 Å². The van der Waals surface area contributed by atoms with Crippen LogP contribution in [0.3, 0.4) is 0 Å². The van der Waals surface area contributed by atoms with Gasteiger partial charge in [-0.3, -0.25) is 4.79 Å². The molecule has 0 aliphatic rings. The monoisotopic (exact) mass is 236 g/mol. The van der Waals surface area contributed by atoms with Crippen LogP contribution < -0.4 is 0 Å². The Morgan fingerprint density at radius 2 is 1.50 bits per heavy atom. The van der Waals surface area contributed by atoms with Crippen LogP contribution in [0.4, 0.5) is 0 Å². The maximum atomic E-state index is 12.0. The van der Waals surface area contributed by atoms with E-state index in [1.165, 1.54) is 0 Å². The van der Waals surface area contributed by atoms with Crippen molar-refractivity contribution in [3.63, 3.8) is 0 Å². The van der Waals surface area contributed by atoms with E-state index in [0.29, 0.717) is 0 Å². The Morgan fingerprint density at radius 1 is 0.944 bits per heavy atom. The number of rotatable bonds is 4. The first-order chi connectivity index (χ1) is 8.77. The van der Waals surface area contributed by atoms with Crippen molar-refractivity contribution in [1.82, 2.24) is 0 Å². The molecule has 1 heteroatoms. The Kier molecular flexibility index (Phi) is 4.08. The zero-order chi connectivity index (χ0) is 12.8. The summed E-state index contributed by atoms with van der Waals surface area (Å²) in [5, 5.41) is 0. The van der Waals surface area contributed by atoms with Crippen molar-refractivity contribution >= 4 is 11.9 Å². The highest BCUT2D eigenvalue weighted by Gasteiger charge is 2.11. The first kappa shape index (κ1) is 12.3. The molecule has 0 amide bonds. The number of allylic oxidation sites excluding steroid dienone is 1. The Balaban J connectivity index is 2.07. The van der Waals surface area contributed by atoms with Crippen LogP contribution in [0.2, 0.25) is 0 Å². The average molecular weight is 236 g/mol. The minimum atomic E-state index is -0.0915. The van der Waals surface area contributed by atoms with Gasteiger partial charge in [-0.05, 0) is 17.2 Å². The van der Waals surface area contributed by atoms with Gasteiger partial charge < -0.3 is 0 Å². The summed E-state index contributed by atoms with van der Waals surface area (Å²) in [6.45, 7) is 1.94. The van der Waals surface area contributed by atoms with Gasteiger partial charge in [-0.25, -0.2) is 0 Å². The fourth-order valence-corrected chi connectivity index (χ4v) is 1.79. The van der Waals surface area contributed by atoms with Gasteiger partial charge in [0.15, 0.2) is 5.78 Å². The van der Waals surface area contributed by atoms with E-state index < -0.39 is 0 Å².